The predicted octanol–water partition coefficient (Wildman–Crippen LogP) is 4.12. The first-order chi connectivity index (χ1) is 8.54. The van der Waals surface area contributed by atoms with Crippen molar-refractivity contribution in [3.05, 3.63) is 46.4 Å². The number of aryl methyl sites for hydroxylation is 2. The van der Waals surface area contributed by atoms with E-state index in [-0.39, 0.29) is 0 Å². The summed E-state index contributed by atoms with van der Waals surface area (Å²) in [6.45, 7) is 8.54. The minimum Gasteiger partial charge on any atom is -0.240 e. The summed E-state index contributed by atoms with van der Waals surface area (Å²) >= 11 is 5.80. The summed E-state index contributed by atoms with van der Waals surface area (Å²) in [6, 6.07) is 4.17. The third-order valence-corrected chi connectivity index (χ3v) is 3.69. The van der Waals surface area contributed by atoms with E-state index in [9.17, 15) is 0 Å². The van der Waals surface area contributed by atoms with Crippen LogP contribution in [-0.4, -0.2) is 9.97 Å². The summed E-state index contributed by atoms with van der Waals surface area (Å²) in [5, 5.41) is 0. The van der Waals surface area contributed by atoms with Crippen molar-refractivity contribution in [3.63, 3.8) is 0 Å². The smallest absolute Gasteiger partial charge is 0.143 e. The first-order valence-corrected chi connectivity index (χ1v) is 6.53. The van der Waals surface area contributed by atoms with Crippen LogP contribution in [0.4, 0.5) is 0 Å². The Labute approximate surface area is 113 Å². The number of benzene rings is 1. The summed E-state index contributed by atoms with van der Waals surface area (Å²) in [5.74, 6) is 1.02. The Balaban J connectivity index is 2.70. The van der Waals surface area contributed by atoms with E-state index in [2.05, 4.69) is 43.7 Å². The lowest BCUT2D eigenvalue weighted by Crippen LogP contribution is -1.99. The molecule has 1 aromatic heterocycles. The first kappa shape index (κ1) is 13.0. The largest absolute Gasteiger partial charge is 0.240 e. The van der Waals surface area contributed by atoms with E-state index >= 15 is 0 Å². The zero-order valence-corrected chi connectivity index (χ0v) is 12.0. The fraction of sp³-hybridized carbons (Fsp3) is 0.333. The van der Waals surface area contributed by atoms with Crippen LogP contribution in [0, 0.1) is 27.7 Å². The third kappa shape index (κ3) is 2.25. The molecule has 0 spiro atoms. The molecule has 2 nitrogen and oxygen atoms in total. The lowest BCUT2D eigenvalue weighted by Gasteiger charge is -2.15. The maximum atomic E-state index is 5.80. The molecule has 1 heterocycles. The Kier molecular flexibility index (Phi) is 3.67. The molecule has 0 N–H and O–H groups in total. The van der Waals surface area contributed by atoms with Gasteiger partial charge < -0.3 is 0 Å². The average Bonchev–Trinajstić information content (AvgIpc) is 2.37. The number of halogens is 1. The minimum atomic E-state index is 0.344. The van der Waals surface area contributed by atoms with Crippen LogP contribution in [0.1, 0.15) is 28.1 Å². The van der Waals surface area contributed by atoms with Crippen molar-refractivity contribution in [1.82, 2.24) is 9.97 Å². The Hall–Kier alpha value is -1.41. The lowest BCUT2D eigenvalue weighted by atomic mass is 9.92. The maximum Gasteiger partial charge on any atom is 0.143 e. The van der Waals surface area contributed by atoms with Crippen LogP contribution in [0.5, 0.6) is 0 Å². The van der Waals surface area contributed by atoms with Crippen LogP contribution in [-0.2, 0) is 5.88 Å². The Morgan fingerprint density at radius 3 is 2.22 bits per heavy atom. The van der Waals surface area contributed by atoms with Crippen molar-refractivity contribution >= 4 is 11.6 Å². The van der Waals surface area contributed by atoms with Crippen molar-refractivity contribution in [2.24, 2.45) is 0 Å². The second kappa shape index (κ2) is 5.07. The molecule has 2 aromatic rings. The monoisotopic (exact) mass is 260 g/mol. The number of hydrogen-bond acceptors (Lipinski definition) is 2. The van der Waals surface area contributed by atoms with E-state index in [1.807, 2.05) is 6.07 Å². The third-order valence-electron chi connectivity index (χ3n) is 3.45. The average molecular weight is 261 g/mol. The minimum absolute atomic E-state index is 0.344. The van der Waals surface area contributed by atoms with Crippen LogP contribution in [0.3, 0.4) is 0 Å². The van der Waals surface area contributed by atoms with Crippen molar-refractivity contribution in [3.8, 4) is 11.3 Å². The molecule has 2 rings (SSSR count). The quantitative estimate of drug-likeness (QED) is 0.760. The van der Waals surface area contributed by atoms with Gasteiger partial charge in [0, 0.05) is 11.8 Å². The molecule has 18 heavy (non-hydrogen) atoms. The van der Waals surface area contributed by atoms with Gasteiger partial charge >= 0.3 is 0 Å². The molecule has 0 amide bonds. The molecule has 0 aliphatic carbocycles. The molecule has 0 bridgehead atoms. The number of hydrogen-bond donors (Lipinski definition) is 0. The summed E-state index contributed by atoms with van der Waals surface area (Å²) in [5.41, 5.74) is 7.30. The van der Waals surface area contributed by atoms with Gasteiger partial charge in [0.05, 0.1) is 11.6 Å². The zero-order chi connectivity index (χ0) is 13.3. The standard InChI is InChI=1S/C15H17ClN2/c1-9-7-10(2)12(4)15(11(9)3)13-5-6-17-14(8-16)18-13/h5-7H,8H2,1-4H3. The number of aromatic nitrogens is 2. The van der Waals surface area contributed by atoms with Gasteiger partial charge in [0.15, 0.2) is 0 Å². The van der Waals surface area contributed by atoms with Crippen LogP contribution in [0.25, 0.3) is 11.3 Å². The SMILES string of the molecule is Cc1cc(C)c(C)c(-c2ccnc(CCl)n2)c1C. The zero-order valence-electron chi connectivity index (χ0n) is 11.2. The van der Waals surface area contributed by atoms with Crippen LogP contribution >= 0.6 is 11.6 Å². The predicted molar refractivity (Wildman–Crippen MR) is 76.0 cm³/mol. The van der Waals surface area contributed by atoms with Gasteiger partial charge in [-0.25, -0.2) is 9.97 Å². The molecular formula is C15H17ClN2. The first-order valence-electron chi connectivity index (χ1n) is 6.00. The van der Waals surface area contributed by atoms with E-state index in [1.54, 1.807) is 6.20 Å². The Morgan fingerprint density at radius 1 is 1.06 bits per heavy atom. The molecule has 0 aliphatic heterocycles. The highest BCUT2D eigenvalue weighted by molar-refractivity contribution is 6.16. The highest BCUT2D eigenvalue weighted by atomic mass is 35.5. The van der Waals surface area contributed by atoms with E-state index < -0.39 is 0 Å². The Morgan fingerprint density at radius 2 is 1.67 bits per heavy atom. The molecule has 0 saturated carbocycles. The molecule has 1 aromatic carbocycles. The molecule has 0 fully saturated rings. The summed E-state index contributed by atoms with van der Waals surface area (Å²) in [7, 11) is 0. The van der Waals surface area contributed by atoms with Gasteiger partial charge in [0.25, 0.3) is 0 Å². The van der Waals surface area contributed by atoms with E-state index in [4.69, 9.17) is 11.6 Å². The molecule has 0 aliphatic rings. The maximum absolute atomic E-state index is 5.80. The molecule has 0 saturated heterocycles. The van der Waals surface area contributed by atoms with Gasteiger partial charge in [-0.15, -0.1) is 11.6 Å². The van der Waals surface area contributed by atoms with Gasteiger partial charge in [-0.2, -0.15) is 0 Å². The normalized spacial score (nSPS) is 10.7. The summed E-state index contributed by atoms with van der Waals surface area (Å²) in [4.78, 5) is 8.67. The molecule has 94 valence electrons. The molecule has 3 heteroatoms. The van der Waals surface area contributed by atoms with E-state index in [1.165, 1.54) is 27.8 Å². The topological polar surface area (TPSA) is 25.8 Å². The molecule has 0 atom stereocenters. The van der Waals surface area contributed by atoms with Gasteiger partial charge in [-0.1, -0.05) is 6.07 Å². The second-order valence-corrected chi connectivity index (χ2v) is 4.89. The highest BCUT2D eigenvalue weighted by Crippen LogP contribution is 2.30. The Bertz CT molecular complexity index is 565. The van der Waals surface area contributed by atoms with Crippen LogP contribution in [0.2, 0.25) is 0 Å². The second-order valence-electron chi connectivity index (χ2n) is 4.63. The van der Waals surface area contributed by atoms with Gasteiger partial charge in [-0.05, 0) is 56.0 Å². The van der Waals surface area contributed by atoms with Crippen molar-refractivity contribution < 1.29 is 0 Å². The van der Waals surface area contributed by atoms with Crippen molar-refractivity contribution in [1.29, 1.82) is 0 Å². The van der Waals surface area contributed by atoms with Gasteiger partial charge in [0.1, 0.15) is 5.82 Å². The lowest BCUT2D eigenvalue weighted by molar-refractivity contribution is 1.03. The van der Waals surface area contributed by atoms with Crippen LogP contribution < -0.4 is 0 Å². The molecule has 0 unspecified atom stereocenters. The summed E-state index contributed by atoms with van der Waals surface area (Å²) < 4.78 is 0. The number of nitrogens with zero attached hydrogens (tertiary/aromatic N) is 2. The van der Waals surface area contributed by atoms with E-state index in [0.29, 0.717) is 11.7 Å². The molecule has 0 radical (unpaired) electrons. The van der Waals surface area contributed by atoms with Gasteiger partial charge in [0.2, 0.25) is 0 Å². The number of alkyl halides is 1. The van der Waals surface area contributed by atoms with Crippen molar-refractivity contribution in [2.45, 2.75) is 33.6 Å². The van der Waals surface area contributed by atoms with Gasteiger partial charge in [-0.3, -0.25) is 0 Å². The number of rotatable bonds is 2. The van der Waals surface area contributed by atoms with E-state index in [0.717, 1.165) is 5.69 Å². The molecular weight excluding hydrogens is 244 g/mol. The fourth-order valence-electron chi connectivity index (χ4n) is 2.20. The van der Waals surface area contributed by atoms with Crippen LogP contribution in [0.15, 0.2) is 18.3 Å². The summed E-state index contributed by atoms with van der Waals surface area (Å²) in [6.07, 6.45) is 1.77. The fourth-order valence-corrected chi connectivity index (χ4v) is 2.33. The van der Waals surface area contributed by atoms with Crippen molar-refractivity contribution in [2.75, 3.05) is 0 Å². The highest BCUT2D eigenvalue weighted by Gasteiger charge is 2.12.